The van der Waals surface area contributed by atoms with Crippen LogP contribution in [-0.2, 0) is 11.3 Å². The number of fused-ring (bicyclic) bond motifs is 1. The van der Waals surface area contributed by atoms with Crippen molar-refractivity contribution in [1.82, 2.24) is 15.5 Å². The predicted octanol–water partition coefficient (Wildman–Crippen LogP) is 6.21. The van der Waals surface area contributed by atoms with E-state index < -0.39 is 11.7 Å². The molecule has 1 fully saturated rings. The molecule has 0 aromatic heterocycles. The molecular weight excluding hydrogens is 508 g/mol. The normalized spacial score (nSPS) is 17.9. The van der Waals surface area contributed by atoms with E-state index in [4.69, 9.17) is 0 Å². The van der Waals surface area contributed by atoms with E-state index in [1.807, 2.05) is 43.3 Å². The SMILES string of the molecule is CCC1=C(C(=O)NCc2ccc(N3CCC(c4ccc(F)cc4)CC3)cc2)N2C=CC(C(F)(F)F)=CC2=CN1. The Balaban J connectivity index is 1.18. The average Bonchev–Trinajstić information content (AvgIpc) is 2.95. The first kappa shape index (κ1) is 26.6. The van der Waals surface area contributed by atoms with Crippen molar-refractivity contribution in [2.45, 2.75) is 44.8 Å². The van der Waals surface area contributed by atoms with Gasteiger partial charge in [-0.1, -0.05) is 31.2 Å². The number of alkyl halides is 3. The van der Waals surface area contributed by atoms with Gasteiger partial charge in [0, 0.05) is 43.4 Å². The van der Waals surface area contributed by atoms with Crippen LogP contribution in [0.5, 0.6) is 0 Å². The van der Waals surface area contributed by atoms with Gasteiger partial charge in [0.15, 0.2) is 0 Å². The molecule has 0 radical (unpaired) electrons. The highest BCUT2D eigenvalue weighted by Crippen LogP contribution is 2.35. The molecule has 0 spiro atoms. The number of rotatable bonds is 6. The van der Waals surface area contributed by atoms with E-state index >= 15 is 0 Å². The summed E-state index contributed by atoms with van der Waals surface area (Å²) in [6, 6.07) is 14.8. The molecule has 2 aromatic rings. The molecule has 204 valence electrons. The second kappa shape index (κ2) is 11.0. The van der Waals surface area contributed by atoms with Crippen molar-refractivity contribution in [3.63, 3.8) is 0 Å². The number of carbonyl (C=O) groups excluding carboxylic acids is 1. The van der Waals surface area contributed by atoms with E-state index in [0.29, 0.717) is 18.0 Å². The number of nitrogens with one attached hydrogen (secondary N) is 2. The number of piperidine rings is 1. The lowest BCUT2D eigenvalue weighted by atomic mass is 9.89. The Kier molecular flexibility index (Phi) is 7.50. The van der Waals surface area contributed by atoms with E-state index in [9.17, 15) is 22.4 Å². The van der Waals surface area contributed by atoms with Gasteiger partial charge in [-0.2, -0.15) is 13.2 Å². The topological polar surface area (TPSA) is 47.6 Å². The summed E-state index contributed by atoms with van der Waals surface area (Å²) in [6.45, 7) is 3.97. The zero-order valence-electron chi connectivity index (χ0n) is 21.6. The molecule has 3 aliphatic heterocycles. The zero-order chi connectivity index (χ0) is 27.6. The van der Waals surface area contributed by atoms with Gasteiger partial charge in [0.25, 0.3) is 5.91 Å². The Hall–Kier alpha value is -4.01. The van der Waals surface area contributed by atoms with Gasteiger partial charge in [-0.25, -0.2) is 4.39 Å². The maximum absolute atomic E-state index is 13.2. The Morgan fingerprint density at radius 1 is 1.05 bits per heavy atom. The number of hydrogen-bond donors (Lipinski definition) is 2. The number of halogens is 4. The largest absolute Gasteiger partial charge is 0.416 e. The highest BCUT2D eigenvalue weighted by Gasteiger charge is 2.36. The second-order valence-electron chi connectivity index (χ2n) is 9.84. The highest BCUT2D eigenvalue weighted by atomic mass is 19.4. The molecule has 9 heteroatoms. The Bertz CT molecular complexity index is 1330. The zero-order valence-corrected chi connectivity index (χ0v) is 21.6. The van der Waals surface area contributed by atoms with Crippen LogP contribution in [0, 0.1) is 5.82 Å². The average molecular weight is 539 g/mol. The number of carbonyl (C=O) groups is 1. The van der Waals surface area contributed by atoms with Crippen LogP contribution in [0.25, 0.3) is 0 Å². The molecule has 0 unspecified atom stereocenters. The molecule has 3 heterocycles. The molecular formula is C30H30F4N4O. The van der Waals surface area contributed by atoms with Crippen LogP contribution in [-0.4, -0.2) is 30.1 Å². The van der Waals surface area contributed by atoms with Gasteiger partial charge in [0.1, 0.15) is 11.5 Å². The monoisotopic (exact) mass is 538 g/mol. The smallest absolute Gasteiger partial charge is 0.371 e. The first-order chi connectivity index (χ1) is 18.7. The molecule has 1 saturated heterocycles. The van der Waals surface area contributed by atoms with Crippen LogP contribution in [0.15, 0.2) is 95.7 Å². The maximum Gasteiger partial charge on any atom is 0.416 e. The quantitative estimate of drug-likeness (QED) is 0.430. The first-order valence-electron chi connectivity index (χ1n) is 13.1. The second-order valence-corrected chi connectivity index (χ2v) is 9.84. The molecule has 5 rings (SSSR count). The van der Waals surface area contributed by atoms with Crippen molar-refractivity contribution in [1.29, 1.82) is 0 Å². The summed E-state index contributed by atoms with van der Waals surface area (Å²) < 4.78 is 52.7. The van der Waals surface area contributed by atoms with Crippen LogP contribution >= 0.6 is 0 Å². The van der Waals surface area contributed by atoms with Crippen molar-refractivity contribution in [3.05, 3.63) is 113 Å². The minimum absolute atomic E-state index is 0.216. The third kappa shape index (κ3) is 5.87. The molecule has 2 N–H and O–H groups in total. The van der Waals surface area contributed by atoms with E-state index in [1.165, 1.54) is 35.0 Å². The molecule has 39 heavy (non-hydrogen) atoms. The van der Waals surface area contributed by atoms with Gasteiger partial charge >= 0.3 is 6.18 Å². The van der Waals surface area contributed by atoms with Gasteiger partial charge in [0.2, 0.25) is 0 Å². The summed E-state index contributed by atoms with van der Waals surface area (Å²) in [6.07, 6.45) is 2.80. The van der Waals surface area contributed by atoms with Crippen molar-refractivity contribution in [2.75, 3.05) is 18.0 Å². The Labute approximate surface area is 225 Å². The third-order valence-electron chi connectivity index (χ3n) is 7.39. The van der Waals surface area contributed by atoms with Crippen molar-refractivity contribution in [3.8, 4) is 0 Å². The molecule has 0 aliphatic carbocycles. The van der Waals surface area contributed by atoms with Gasteiger partial charge in [-0.05, 0) is 72.7 Å². The predicted molar refractivity (Wildman–Crippen MR) is 143 cm³/mol. The number of nitrogens with zero attached hydrogens (tertiary/aromatic N) is 2. The van der Waals surface area contributed by atoms with Crippen molar-refractivity contribution < 1.29 is 22.4 Å². The first-order valence-corrected chi connectivity index (χ1v) is 13.1. The molecule has 5 nitrogen and oxygen atoms in total. The Morgan fingerprint density at radius 2 is 1.74 bits per heavy atom. The molecule has 3 aliphatic rings. The van der Waals surface area contributed by atoms with Crippen LogP contribution in [0.4, 0.5) is 23.2 Å². The van der Waals surface area contributed by atoms with Gasteiger partial charge < -0.3 is 20.4 Å². The molecule has 1 amide bonds. The lowest BCUT2D eigenvalue weighted by Crippen LogP contribution is -2.38. The summed E-state index contributed by atoms with van der Waals surface area (Å²) in [5, 5.41) is 5.89. The van der Waals surface area contributed by atoms with Crippen molar-refractivity contribution in [2.24, 2.45) is 0 Å². The summed E-state index contributed by atoms with van der Waals surface area (Å²) in [7, 11) is 0. The summed E-state index contributed by atoms with van der Waals surface area (Å²) in [5.74, 6) is -0.161. The van der Waals surface area contributed by atoms with Crippen LogP contribution in [0.1, 0.15) is 43.2 Å². The van der Waals surface area contributed by atoms with Gasteiger partial charge in [0.05, 0.1) is 11.3 Å². The minimum Gasteiger partial charge on any atom is -0.371 e. The number of allylic oxidation sites excluding steroid dienone is 4. The summed E-state index contributed by atoms with van der Waals surface area (Å²) >= 11 is 0. The summed E-state index contributed by atoms with van der Waals surface area (Å²) in [4.78, 5) is 17.0. The van der Waals surface area contributed by atoms with Crippen molar-refractivity contribution >= 4 is 11.6 Å². The van der Waals surface area contributed by atoms with Crippen LogP contribution in [0.2, 0.25) is 0 Å². The molecule has 0 bridgehead atoms. The number of amides is 1. The fourth-order valence-electron chi connectivity index (χ4n) is 5.20. The molecule has 2 aromatic carbocycles. The van der Waals surface area contributed by atoms with Crippen LogP contribution in [0.3, 0.4) is 0 Å². The third-order valence-corrected chi connectivity index (χ3v) is 7.39. The maximum atomic E-state index is 13.2. The Morgan fingerprint density at radius 3 is 2.38 bits per heavy atom. The number of benzene rings is 2. The minimum atomic E-state index is -4.47. The number of hydrogen-bond acceptors (Lipinski definition) is 4. The van der Waals surface area contributed by atoms with E-state index in [0.717, 1.165) is 49.3 Å². The summed E-state index contributed by atoms with van der Waals surface area (Å²) in [5.41, 5.74) is 3.59. The van der Waals surface area contributed by atoms with Crippen LogP contribution < -0.4 is 15.5 Å². The molecule has 0 atom stereocenters. The van der Waals surface area contributed by atoms with Gasteiger partial charge in [-0.3, -0.25) is 4.79 Å². The lowest BCUT2D eigenvalue weighted by molar-refractivity contribution is -0.118. The van der Waals surface area contributed by atoms with E-state index in [2.05, 4.69) is 15.5 Å². The molecule has 0 saturated carbocycles. The van der Waals surface area contributed by atoms with Gasteiger partial charge in [-0.15, -0.1) is 0 Å². The number of anilines is 1. The lowest BCUT2D eigenvalue weighted by Gasteiger charge is -2.34. The standard InChI is InChI=1S/C30H30F4N4O/c1-2-27-28(38-16-13-23(30(32,33)34)17-26(38)19-35-27)29(39)36-18-20-3-9-25(10-4-20)37-14-11-22(12-15-37)21-5-7-24(31)8-6-21/h3-10,13,16-17,19,22,35H,2,11-12,14-15,18H2,1H3,(H,36,39). The van der Waals surface area contributed by atoms with E-state index in [-0.39, 0.29) is 29.7 Å². The highest BCUT2D eigenvalue weighted by molar-refractivity contribution is 5.94. The fourth-order valence-corrected chi connectivity index (χ4v) is 5.20. The fraction of sp³-hybridized carbons (Fsp3) is 0.300. The van der Waals surface area contributed by atoms with E-state index in [1.54, 1.807) is 0 Å².